The van der Waals surface area contributed by atoms with Crippen molar-refractivity contribution in [3.8, 4) is 0 Å². The highest BCUT2D eigenvalue weighted by Gasteiger charge is 2.20. The standard InChI is InChI=1S/C11H17N5O4/c17-10(5-12-3-8-1-2-11(18)14-8)7-15-6-9(4-13-15)16(19)20/h4,6,8,10,12,17H,1-3,5,7H2,(H,14,18). The molecule has 2 heterocycles. The van der Waals surface area contributed by atoms with Gasteiger partial charge in [-0.3, -0.25) is 19.6 Å². The van der Waals surface area contributed by atoms with Gasteiger partial charge < -0.3 is 15.7 Å². The number of aliphatic hydroxyl groups excluding tert-OH is 1. The van der Waals surface area contributed by atoms with E-state index in [0.717, 1.165) is 12.6 Å². The van der Waals surface area contributed by atoms with Crippen LogP contribution in [0.15, 0.2) is 12.4 Å². The van der Waals surface area contributed by atoms with E-state index >= 15 is 0 Å². The first-order valence-corrected chi connectivity index (χ1v) is 6.39. The number of aromatic nitrogens is 2. The van der Waals surface area contributed by atoms with Crippen LogP contribution in [0.3, 0.4) is 0 Å². The smallest absolute Gasteiger partial charge is 0.306 e. The second-order valence-corrected chi connectivity index (χ2v) is 4.79. The first kappa shape index (κ1) is 14.4. The maximum absolute atomic E-state index is 11.0. The fourth-order valence-corrected chi connectivity index (χ4v) is 2.08. The average molecular weight is 283 g/mol. The number of hydrogen-bond acceptors (Lipinski definition) is 6. The lowest BCUT2D eigenvalue weighted by molar-refractivity contribution is -0.385. The Balaban J connectivity index is 1.68. The summed E-state index contributed by atoms with van der Waals surface area (Å²) in [6.07, 6.45) is 3.07. The van der Waals surface area contributed by atoms with Crippen molar-refractivity contribution < 1.29 is 14.8 Å². The molecule has 1 aliphatic heterocycles. The molecule has 20 heavy (non-hydrogen) atoms. The van der Waals surface area contributed by atoms with E-state index in [1.165, 1.54) is 10.9 Å². The molecule has 0 aliphatic carbocycles. The molecule has 0 saturated carbocycles. The number of carbonyl (C=O) groups excluding carboxylic acids is 1. The van der Waals surface area contributed by atoms with E-state index in [4.69, 9.17) is 0 Å². The first-order chi connectivity index (χ1) is 9.54. The van der Waals surface area contributed by atoms with Gasteiger partial charge in [-0.05, 0) is 6.42 Å². The number of rotatable bonds is 7. The van der Waals surface area contributed by atoms with Crippen molar-refractivity contribution in [1.82, 2.24) is 20.4 Å². The van der Waals surface area contributed by atoms with Gasteiger partial charge in [-0.15, -0.1) is 0 Å². The zero-order valence-corrected chi connectivity index (χ0v) is 10.9. The SMILES string of the molecule is O=C1CCC(CNCC(O)Cn2cc([N+](=O)[O-])cn2)N1. The molecule has 0 radical (unpaired) electrons. The minimum atomic E-state index is -0.702. The highest BCUT2D eigenvalue weighted by molar-refractivity contribution is 5.78. The number of amides is 1. The predicted octanol–water partition coefficient (Wildman–Crippen LogP) is -0.980. The van der Waals surface area contributed by atoms with E-state index in [-0.39, 0.29) is 24.2 Å². The molecular weight excluding hydrogens is 266 g/mol. The molecule has 9 nitrogen and oxygen atoms in total. The number of nitrogens with one attached hydrogen (secondary N) is 2. The monoisotopic (exact) mass is 283 g/mol. The van der Waals surface area contributed by atoms with E-state index < -0.39 is 11.0 Å². The van der Waals surface area contributed by atoms with Crippen LogP contribution in [0.2, 0.25) is 0 Å². The molecule has 1 aliphatic rings. The second-order valence-electron chi connectivity index (χ2n) is 4.79. The van der Waals surface area contributed by atoms with Crippen molar-refractivity contribution >= 4 is 11.6 Å². The van der Waals surface area contributed by atoms with E-state index in [9.17, 15) is 20.0 Å². The molecule has 3 N–H and O–H groups in total. The minimum Gasteiger partial charge on any atom is -0.390 e. The molecule has 2 rings (SSSR count). The first-order valence-electron chi connectivity index (χ1n) is 6.39. The third-order valence-corrected chi connectivity index (χ3v) is 3.08. The van der Waals surface area contributed by atoms with Gasteiger partial charge in [0.1, 0.15) is 12.4 Å². The van der Waals surface area contributed by atoms with Crippen LogP contribution in [-0.4, -0.2) is 51.0 Å². The Bertz CT molecular complexity index is 489. The minimum absolute atomic E-state index is 0.0567. The number of aliphatic hydroxyl groups is 1. The van der Waals surface area contributed by atoms with Crippen molar-refractivity contribution in [2.45, 2.75) is 31.5 Å². The van der Waals surface area contributed by atoms with Crippen molar-refractivity contribution in [3.63, 3.8) is 0 Å². The summed E-state index contributed by atoms with van der Waals surface area (Å²) in [6, 6.07) is 0.112. The van der Waals surface area contributed by atoms with Crippen LogP contribution in [0.5, 0.6) is 0 Å². The Morgan fingerprint density at radius 2 is 2.50 bits per heavy atom. The van der Waals surface area contributed by atoms with Crippen molar-refractivity contribution in [3.05, 3.63) is 22.5 Å². The highest BCUT2D eigenvalue weighted by atomic mass is 16.6. The van der Waals surface area contributed by atoms with E-state index in [2.05, 4.69) is 15.7 Å². The fraction of sp³-hybridized carbons (Fsp3) is 0.636. The third kappa shape index (κ3) is 4.00. The second kappa shape index (κ2) is 6.44. The molecule has 9 heteroatoms. The number of nitro groups is 1. The summed E-state index contributed by atoms with van der Waals surface area (Å²) >= 11 is 0. The van der Waals surface area contributed by atoms with E-state index in [1.54, 1.807) is 0 Å². The molecule has 1 aromatic heterocycles. The van der Waals surface area contributed by atoms with Gasteiger partial charge in [0.2, 0.25) is 5.91 Å². The van der Waals surface area contributed by atoms with E-state index in [0.29, 0.717) is 19.5 Å². The molecule has 1 aromatic rings. The lowest BCUT2D eigenvalue weighted by atomic mass is 10.2. The summed E-state index contributed by atoms with van der Waals surface area (Å²) in [4.78, 5) is 21.0. The number of hydrogen-bond donors (Lipinski definition) is 3. The summed E-state index contributed by atoms with van der Waals surface area (Å²) in [5, 5.41) is 30.0. The summed E-state index contributed by atoms with van der Waals surface area (Å²) in [7, 11) is 0. The summed E-state index contributed by atoms with van der Waals surface area (Å²) in [6.45, 7) is 1.11. The van der Waals surface area contributed by atoms with Gasteiger partial charge in [0, 0.05) is 25.6 Å². The zero-order chi connectivity index (χ0) is 14.5. The van der Waals surface area contributed by atoms with Gasteiger partial charge >= 0.3 is 5.69 Å². The van der Waals surface area contributed by atoms with Gasteiger partial charge in [0.25, 0.3) is 0 Å². The molecule has 1 fully saturated rings. The third-order valence-electron chi connectivity index (χ3n) is 3.08. The molecule has 110 valence electrons. The average Bonchev–Trinajstić information content (AvgIpc) is 2.99. The van der Waals surface area contributed by atoms with Crippen LogP contribution in [0.1, 0.15) is 12.8 Å². The molecular formula is C11H17N5O4. The highest BCUT2D eigenvalue weighted by Crippen LogP contribution is 2.08. The van der Waals surface area contributed by atoms with E-state index in [1.807, 2.05) is 0 Å². The normalized spacial score (nSPS) is 19.9. The molecule has 1 amide bonds. The van der Waals surface area contributed by atoms with Crippen molar-refractivity contribution in [2.75, 3.05) is 13.1 Å². The Kier molecular flexibility index (Phi) is 4.64. The summed E-state index contributed by atoms with van der Waals surface area (Å²) < 4.78 is 1.34. The molecule has 2 unspecified atom stereocenters. The van der Waals surface area contributed by atoms with Crippen LogP contribution in [0.4, 0.5) is 5.69 Å². The maximum atomic E-state index is 11.0. The molecule has 2 atom stereocenters. The largest absolute Gasteiger partial charge is 0.390 e. The predicted molar refractivity (Wildman–Crippen MR) is 68.9 cm³/mol. The van der Waals surface area contributed by atoms with Crippen LogP contribution >= 0.6 is 0 Å². The fourth-order valence-electron chi connectivity index (χ4n) is 2.08. The van der Waals surface area contributed by atoms with Gasteiger partial charge in [-0.1, -0.05) is 0 Å². The summed E-state index contributed by atoms with van der Waals surface area (Å²) in [5.41, 5.74) is -0.0983. The van der Waals surface area contributed by atoms with Crippen LogP contribution in [-0.2, 0) is 11.3 Å². The van der Waals surface area contributed by atoms with Crippen LogP contribution in [0.25, 0.3) is 0 Å². The van der Waals surface area contributed by atoms with Gasteiger partial charge in [-0.25, -0.2) is 0 Å². The Hall–Kier alpha value is -2.00. The number of carbonyl (C=O) groups is 1. The summed E-state index contributed by atoms with van der Waals surface area (Å²) in [5.74, 6) is 0.0567. The molecule has 0 aromatic carbocycles. The van der Waals surface area contributed by atoms with Crippen molar-refractivity contribution in [2.24, 2.45) is 0 Å². The quantitative estimate of drug-likeness (QED) is 0.436. The van der Waals surface area contributed by atoms with Crippen LogP contribution in [0, 0.1) is 10.1 Å². The molecule has 0 spiro atoms. The molecule has 1 saturated heterocycles. The topological polar surface area (TPSA) is 122 Å². The van der Waals surface area contributed by atoms with Gasteiger partial charge in [0.15, 0.2) is 0 Å². The van der Waals surface area contributed by atoms with Gasteiger partial charge in [0.05, 0.1) is 17.6 Å². The lowest BCUT2D eigenvalue weighted by Crippen LogP contribution is -2.39. The zero-order valence-electron chi connectivity index (χ0n) is 10.9. The molecule has 0 bridgehead atoms. The Labute approximate surface area is 115 Å². The Morgan fingerprint density at radius 3 is 3.10 bits per heavy atom. The Morgan fingerprint density at radius 1 is 1.70 bits per heavy atom. The maximum Gasteiger partial charge on any atom is 0.306 e. The van der Waals surface area contributed by atoms with Crippen LogP contribution < -0.4 is 10.6 Å². The van der Waals surface area contributed by atoms with Gasteiger partial charge in [-0.2, -0.15) is 5.10 Å². The van der Waals surface area contributed by atoms with Crippen molar-refractivity contribution in [1.29, 1.82) is 0 Å². The lowest BCUT2D eigenvalue weighted by Gasteiger charge is -2.14. The number of nitrogens with zero attached hydrogens (tertiary/aromatic N) is 3.